The zero-order valence-corrected chi connectivity index (χ0v) is 28.1. The number of rotatable bonds is 9. The Balaban J connectivity index is 1.04. The Hall–Kier alpha value is -5.20. The first-order chi connectivity index (χ1) is 23.6. The van der Waals surface area contributed by atoms with Crippen molar-refractivity contribution in [2.75, 3.05) is 0 Å². The van der Waals surface area contributed by atoms with Gasteiger partial charge in [0.15, 0.2) is 0 Å². The largest absolute Gasteiger partial charge is 0.0610 e. The molecule has 0 aromatic rings. The Morgan fingerprint density at radius 2 is 0.604 bits per heavy atom. The highest BCUT2D eigenvalue weighted by Gasteiger charge is 2.13. The van der Waals surface area contributed by atoms with Crippen molar-refractivity contribution in [3.63, 3.8) is 0 Å². The molecule has 0 heteroatoms. The monoisotopic (exact) mass is 618 g/mol. The molecule has 0 fully saturated rings. The lowest BCUT2D eigenvalue weighted by molar-refractivity contribution is 0.931. The van der Waals surface area contributed by atoms with Crippen molar-refractivity contribution in [1.82, 2.24) is 0 Å². The maximum atomic E-state index is 2.49. The molecule has 0 amide bonds. The maximum Gasteiger partial charge on any atom is -0.0152 e. The molecule has 0 bridgehead atoms. The quantitative estimate of drug-likeness (QED) is 0.151. The van der Waals surface area contributed by atoms with Gasteiger partial charge in [0.25, 0.3) is 0 Å². The Labute approximate surface area is 286 Å². The van der Waals surface area contributed by atoms with Gasteiger partial charge in [-0.2, -0.15) is 0 Å². The van der Waals surface area contributed by atoms with Gasteiger partial charge in [0.2, 0.25) is 0 Å². The second-order valence-corrected chi connectivity index (χ2v) is 13.7. The second kappa shape index (κ2) is 13.1. The Kier molecular flexibility index (Phi) is 8.25. The van der Waals surface area contributed by atoms with Crippen LogP contribution in [-0.4, -0.2) is 0 Å². The summed E-state index contributed by atoms with van der Waals surface area (Å²) in [6.45, 7) is 4.48. The van der Waals surface area contributed by atoms with E-state index in [1.165, 1.54) is 89.0 Å². The molecule has 0 saturated heterocycles. The van der Waals surface area contributed by atoms with Crippen molar-refractivity contribution >= 4 is 0 Å². The first-order valence-electron chi connectivity index (χ1n) is 17.5. The summed E-state index contributed by atoms with van der Waals surface area (Å²) >= 11 is 0. The van der Waals surface area contributed by atoms with Crippen LogP contribution >= 0.6 is 0 Å². The third kappa shape index (κ3) is 6.24. The predicted octanol–water partition coefficient (Wildman–Crippen LogP) is 12.1. The topological polar surface area (TPSA) is 0 Å². The molecule has 0 spiro atoms. The fourth-order valence-corrected chi connectivity index (χ4v) is 7.80. The van der Waals surface area contributed by atoms with Gasteiger partial charge >= 0.3 is 0 Å². The van der Waals surface area contributed by atoms with Crippen molar-refractivity contribution in [3.8, 4) is 44.5 Å². The van der Waals surface area contributed by atoms with E-state index in [9.17, 15) is 0 Å². The van der Waals surface area contributed by atoms with Crippen molar-refractivity contribution in [3.05, 3.63) is 190 Å². The van der Waals surface area contributed by atoms with Crippen LogP contribution in [-0.2, 0) is 38.5 Å². The van der Waals surface area contributed by atoms with Gasteiger partial charge in [-0.15, -0.1) is 0 Å². The zero-order valence-electron chi connectivity index (χ0n) is 28.1. The molecule has 0 heterocycles. The summed E-state index contributed by atoms with van der Waals surface area (Å²) in [6.07, 6.45) is 6.17. The summed E-state index contributed by atoms with van der Waals surface area (Å²) < 4.78 is 0. The van der Waals surface area contributed by atoms with Crippen LogP contribution in [0.2, 0.25) is 0 Å². The van der Waals surface area contributed by atoms with Gasteiger partial charge in [0, 0.05) is 0 Å². The van der Waals surface area contributed by atoms with Gasteiger partial charge in [-0.1, -0.05) is 146 Å². The van der Waals surface area contributed by atoms with E-state index in [4.69, 9.17) is 0 Å². The van der Waals surface area contributed by atoms with E-state index in [-0.39, 0.29) is 0 Å². The molecule has 0 saturated carbocycles. The van der Waals surface area contributed by atoms with Crippen LogP contribution in [0.3, 0.4) is 0 Å². The van der Waals surface area contributed by atoms with E-state index in [0.29, 0.717) is 0 Å². The standard InChI is InChI=1S/C48H42/c1-33-29-35(19-23-39-7-3-11-45(33)39)15-17-37-21-25-41-9-5-13-47(41)43(31-37)27-28-44-32-38(22-26-42-10-6-14-48(42)44)18-16-36-20-24-40-8-4-12-46(40)34(2)30-36/h3-14,19-26,29-32H,15-18,27-28H2,1-2H3. The molecule has 0 aromatic heterocycles. The van der Waals surface area contributed by atoms with E-state index in [0.717, 1.165) is 38.5 Å². The zero-order chi connectivity index (χ0) is 32.5. The molecule has 0 nitrogen and oxygen atoms in total. The Bertz CT molecular complexity index is 2050. The first kappa shape index (κ1) is 30.2. The van der Waals surface area contributed by atoms with Crippen molar-refractivity contribution < 1.29 is 0 Å². The summed E-state index contributed by atoms with van der Waals surface area (Å²) in [5.74, 6) is 0. The summed E-state index contributed by atoms with van der Waals surface area (Å²) in [7, 11) is 0. The minimum absolute atomic E-state index is 1.02. The molecule has 48 heavy (non-hydrogen) atoms. The highest BCUT2D eigenvalue weighted by Crippen LogP contribution is 2.33. The molecule has 0 aromatic carbocycles. The Morgan fingerprint density at radius 1 is 0.292 bits per heavy atom. The van der Waals surface area contributed by atoms with Gasteiger partial charge < -0.3 is 0 Å². The van der Waals surface area contributed by atoms with Gasteiger partial charge in [-0.3, -0.25) is 0 Å². The Morgan fingerprint density at radius 3 is 0.979 bits per heavy atom. The van der Waals surface area contributed by atoms with E-state index < -0.39 is 0 Å². The van der Waals surface area contributed by atoms with Crippen molar-refractivity contribution in [1.29, 1.82) is 0 Å². The van der Waals surface area contributed by atoms with E-state index >= 15 is 0 Å². The van der Waals surface area contributed by atoms with Crippen LogP contribution in [0.1, 0.15) is 44.5 Å². The lowest BCUT2D eigenvalue weighted by atomic mass is 9.96. The molecule has 8 aliphatic rings. The minimum Gasteiger partial charge on any atom is -0.0610 e. The van der Waals surface area contributed by atoms with Crippen LogP contribution in [0, 0.1) is 13.8 Å². The lowest BCUT2D eigenvalue weighted by Crippen LogP contribution is -1.96. The lowest BCUT2D eigenvalue weighted by Gasteiger charge is -2.09. The molecular weight excluding hydrogens is 577 g/mol. The molecule has 8 aliphatic carbocycles. The second-order valence-electron chi connectivity index (χ2n) is 13.7. The SMILES string of the molecule is Cc1cc(CCc2ccc3cccc-3c(CCc3cc(CCc4ccc5cccc-5c(C)c4)ccc4cccc3-4)c2)ccc2cccc1-2. The fourth-order valence-electron chi connectivity index (χ4n) is 7.80. The molecule has 0 aliphatic heterocycles. The molecule has 234 valence electrons. The number of aryl methyl sites for hydroxylation is 8. The number of hydrogen-bond acceptors (Lipinski definition) is 0. The highest BCUT2D eigenvalue weighted by atomic mass is 14.2. The molecule has 0 N–H and O–H groups in total. The van der Waals surface area contributed by atoms with Gasteiger partial charge in [0.1, 0.15) is 0 Å². The maximum absolute atomic E-state index is 2.49. The fraction of sp³-hybridized carbons (Fsp3) is 0.167. The van der Waals surface area contributed by atoms with Crippen molar-refractivity contribution in [2.24, 2.45) is 0 Å². The summed E-state index contributed by atoms with van der Waals surface area (Å²) in [5, 5.41) is 0. The third-order valence-electron chi connectivity index (χ3n) is 10.4. The van der Waals surface area contributed by atoms with Gasteiger partial charge in [-0.05, 0) is 141 Å². The minimum atomic E-state index is 1.02. The van der Waals surface area contributed by atoms with Crippen molar-refractivity contribution in [2.45, 2.75) is 52.4 Å². The van der Waals surface area contributed by atoms with Crippen LogP contribution in [0.15, 0.2) is 146 Å². The van der Waals surface area contributed by atoms with E-state index in [2.05, 4.69) is 159 Å². The first-order valence-corrected chi connectivity index (χ1v) is 17.5. The summed E-state index contributed by atoms with van der Waals surface area (Å²) in [5.41, 5.74) is 22.0. The smallest absolute Gasteiger partial charge is 0.0152 e. The van der Waals surface area contributed by atoms with Crippen LogP contribution < -0.4 is 0 Å². The molecule has 0 atom stereocenters. The molecular formula is C48H42. The van der Waals surface area contributed by atoms with Gasteiger partial charge in [-0.25, -0.2) is 0 Å². The number of hydrogen-bond donors (Lipinski definition) is 0. The van der Waals surface area contributed by atoms with Gasteiger partial charge in [0.05, 0.1) is 0 Å². The van der Waals surface area contributed by atoms with E-state index in [1.807, 2.05) is 0 Å². The summed E-state index contributed by atoms with van der Waals surface area (Å²) in [6, 6.07) is 55.0. The normalized spacial score (nSPS) is 11.6. The van der Waals surface area contributed by atoms with Crippen LogP contribution in [0.5, 0.6) is 0 Å². The molecule has 0 radical (unpaired) electrons. The average molecular weight is 619 g/mol. The number of fused-ring (bicyclic) bond motifs is 4. The van der Waals surface area contributed by atoms with E-state index in [1.54, 1.807) is 0 Å². The van der Waals surface area contributed by atoms with Crippen LogP contribution in [0.25, 0.3) is 44.5 Å². The highest BCUT2D eigenvalue weighted by molar-refractivity contribution is 5.73. The predicted molar refractivity (Wildman–Crippen MR) is 204 cm³/mol. The van der Waals surface area contributed by atoms with Crippen LogP contribution in [0.4, 0.5) is 0 Å². The summed E-state index contributed by atoms with van der Waals surface area (Å²) in [4.78, 5) is 0. The third-order valence-corrected chi connectivity index (χ3v) is 10.4. The molecule has 0 unspecified atom stereocenters. The average Bonchev–Trinajstić information content (AvgIpc) is 3.89. The molecule has 8 rings (SSSR count).